The van der Waals surface area contributed by atoms with E-state index in [4.69, 9.17) is 0 Å². The highest BCUT2D eigenvalue weighted by molar-refractivity contribution is 5.96. The van der Waals surface area contributed by atoms with E-state index in [9.17, 15) is 9.59 Å². The van der Waals surface area contributed by atoms with E-state index >= 15 is 0 Å². The van der Waals surface area contributed by atoms with E-state index in [0.29, 0.717) is 17.9 Å². The molecule has 2 fully saturated rings. The number of rotatable bonds is 4. The molecular weight excluding hydrogens is 306 g/mol. The Labute approximate surface area is 139 Å². The van der Waals surface area contributed by atoms with Gasteiger partial charge in [0.25, 0.3) is 5.91 Å². The van der Waals surface area contributed by atoms with Crippen LogP contribution < -0.4 is 5.32 Å². The molecule has 7 heteroatoms. The Morgan fingerprint density at radius 1 is 1.38 bits per heavy atom. The Bertz CT molecular complexity index is 768. The maximum absolute atomic E-state index is 12.7. The molecule has 124 valence electrons. The van der Waals surface area contributed by atoms with E-state index < -0.39 is 0 Å². The van der Waals surface area contributed by atoms with Crippen LogP contribution >= 0.6 is 0 Å². The summed E-state index contributed by atoms with van der Waals surface area (Å²) in [5.41, 5.74) is 2.42. The quantitative estimate of drug-likeness (QED) is 0.888. The molecular formula is C17H19N5O2. The average Bonchev–Trinajstić information content (AvgIpc) is 3.24. The van der Waals surface area contributed by atoms with Crippen molar-refractivity contribution in [3.05, 3.63) is 47.5 Å². The number of hydrogen-bond acceptors (Lipinski definition) is 4. The number of H-pyrrole nitrogens is 1. The molecule has 2 aliphatic rings. The summed E-state index contributed by atoms with van der Waals surface area (Å²) in [5.74, 6) is 0.256. The predicted octanol–water partition coefficient (Wildman–Crippen LogP) is 1.38. The average molecular weight is 325 g/mol. The van der Waals surface area contributed by atoms with Crippen LogP contribution in [0.3, 0.4) is 0 Å². The minimum absolute atomic E-state index is 0.0174. The Morgan fingerprint density at radius 3 is 2.92 bits per heavy atom. The summed E-state index contributed by atoms with van der Waals surface area (Å²) >= 11 is 0. The van der Waals surface area contributed by atoms with E-state index in [0.717, 1.165) is 24.1 Å². The Hall–Kier alpha value is -2.70. The number of nitrogens with one attached hydrogen (secondary N) is 2. The van der Waals surface area contributed by atoms with Crippen LogP contribution in [-0.4, -0.2) is 45.0 Å². The van der Waals surface area contributed by atoms with Crippen molar-refractivity contribution >= 4 is 11.8 Å². The number of hydrogen-bond donors (Lipinski definition) is 2. The number of nitrogens with zero attached hydrogens (tertiary/aromatic N) is 3. The maximum Gasteiger partial charge on any atom is 0.255 e. The molecule has 1 saturated carbocycles. The summed E-state index contributed by atoms with van der Waals surface area (Å²) in [4.78, 5) is 30.7. The fraction of sp³-hybridized carbons (Fsp3) is 0.412. The van der Waals surface area contributed by atoms with Gasteiger partial charge in [-0.1, -0.05) is 6.07 Å². The topological polar surface area (TPSA) is 91.0 Å². The molecule has 0 aromatic carbocycles. The highest BCUT2D eigenvalue weighted by Crippen LogP contribution is 2.40. The molecule has 2 atom stereocenters. The van der Waals surface area contributed by atoms with E-state index in [1.807, 2.05) is 12.1 Å². The van der Waals surface area contributed by atoms with Crippen LogP contribution in [0.4, 0.5) is 0 Å². The fourth-order valence-corrected chi connectivity index (χ4v) is 3.41. The van der Waals surface area contributed by atoms with Crippen molar-refractivity contribution in [3.63, 3.8) is 0 Å². The lowest BCUT2D eigenvalue weighted by Gasteiger charge is -2.25. The first kappa shape index (κ1) is 14.9. The van der Waals surface area contributed by atoms with Crippen molar-refractivity contribution in [1.29, 1.82) is 0 Å². The summed E-state index contributed by atoms with van der Waals surface area (Å²) in [5, 5.41) is 9.97. The molecule has 0 radical (unpaired) electrons. The Kier molecular flexibility index (Phi) is 3.55. The summed E-state index contributed by atoms with van der Waals surface area (Å²) in [7, 11) is 1.76. The summed E-state index contributed by atoms with van der Waals surface area (Å²) in [6, 6.07) is 3.29. The molecule has 3 heterocycles. The molecule has 1 saturated heterocycles. The van der Waals surface area contributed by atoms with Gasteiger partial charge in [-0.05, 0) is 24.5 Å². The van der Waals surface area contributed by atoms with Crippen LogP contribution in [0.25, 0.3) is 0 Å². The number of amides is 2. The standard InChI is InChI=1S/C17H19N5O2/c1-22-14(23)7-13(16(22)11-3-2-6-18-8-11)20-17(24)12-9-19-21-15(12)10-4-5-10/h2-3,6,8-10,13,16H,4-5,7H2,1H3,(H,19,21)(H,20,24)/t13-,16+/m1/s1. The highest BCUT2D eigenvalue weighted by Gasteiger charge is 2.40. The van der Waals surface area contributed by atoms with Gasteiger partial charge in [0.2, 0.25) is 5.91 Å². The van der Waals surface area contributed by atoms with Crippen molar-refractivity contribution < 1.29 is 9.59 Å². The van der Waals surface area contributed by atoms with Crippen molar-refractivity contribution in [1.82, 2.24) is 25.4 Å². The van der Waals surface area contributed by atoms with Gasteiger partial charge in [0.15, 0.2) is 0 Å². The second kappa shape index (κ2) is 5.74. The predicted molar refractivity (Wildman–Crippen MR) is 86.2 cm³/mol. The summed E-state index contributed by atoms with van der Waals surface area (Å²) in [6.07, 6.45) is 7.48. The fourth-order valence-electron chi connectivity index (χ4n) is 3.41. The highest BCUT2D eigenvalue weighted by atomic mass is 16.2. The van der Waals surface area contributed by atoms with Gasteiger partial charge >= 0.3 is 0 Å². The Balaban J connectivity index is 1.57. The van der Waals surface area contributed by atoms with Gasteiger partial charge in [0.1, 0.15) is 0 Å². The molecule has 7 nitrogen and oxygen atoms in total. The molecule has 1 aliphatic carbocycles. The largest absolute Gasteiger partial charge is 0.346 e. The number of aromatic nitrogens is 3. The molecule has 2 aromatic heterocycles. The number of pyridine rings is 1. The Morgan fingerprint density at radius 2 is 2.21 bits per heavy atom. The van der Waals surface area contributed by atoms with E-state index in [1.165, 1.54) is 0 Å². The normalized spacial score (nSPS) is 23.5. The third-order valence-electron chi connectivity index (χ3n) is 4.83. The molecule has 0 bridgehead atoms. The molecule has 2 N–H and O–H groups in total. The second-order valence-corrected chi connectivity index (χ2v) is 6.49. The smallest absolute Gasteiger partial charge is 0.255 e. The van der Waals surface area contributed by atoms with Crippen LogP contribution in [0.1, 0.15) is 52.8 Å². The van der Waals surface area contributed by atoms with Crippen LogP contribution in [0.2, 0.25) is 0 Å². The number of likely N-dealkylation sites (tertiary alicyclic amines) is 1. The third kappa shape index (κ3) is 2.55. The third-order valence-corrected chi connectivity index (χ3v) is 4.83. The van der Waals surface area contributed by atoms with Gasteiger partial charge in [-0.15, -0.1) is 0 Å². The van der Waals surface area contributed by atoms with E-state index in [2.05, 4.69) is 20.5 Å². The molecule has 2 aromatic rings. The van der Waals surface area contributed by atoms with Gasteiger partial charge in [-0.2, -0.15) is 5.10 Å². The van der Waals surface area contributed by atoms with Gasteiger partial charge in [-0.3, -0.25) is 19.7 Å². The number of aromatic amines is 1. The molecule has 4 rings (SSSR count). The minimum Gasteiger partial charge on any atom is -0.346 e. The zero-order chi connectivity index (χ0) is 16.7. The first-order valence-corrected chi connectivity index (χ1v) is 8.15. The zero-order valence-electron chi connectivity index (χ0n) is 13.4. The maximum atomic E-state index is 12.7. The molecule has 2 amide bonds. The van der Waals surface area contributed by atoms with E-state index in [1.54, 1.807) is 30.5 Å². The van der Waals surface area contributed by atoms with Crippen molar-refractivity contribution in [2.24, 2.45) is 0 Å². The van der Waals surface area contributed by atoms with Crippen LogP contribution in [-0.2, 0) is 4.79 Å². The number of likely N-dealkylation sites (N-methyl/N-ethyl adjacent to an activating group) is 1. The number of carbonyl (C=O) groups is 2. The van der Waals surface area contributed by atoms with Crippen molar-refractivity contribution in [3.8, 4) is 0 Å². The summed E-state index contributed by atoms with van der Waals surface area (Å²) < 4.78 is 0. The molecule has 1 aliphatic heterocycles. The van der Waals surface area contributed by atoms with Gasteiger partial charge in [0.05, 0.1) is 29.5 Å². The van der Waals surface area contributed by atoms with E-state index in [-0.39, 0.29) is 23.9 Å². The lowest BCUT2D eigenvalue weighted by Crippen LogP contribution is -2.39. The van der Waals surface area contributed by atoms with Gasteiger partial charge < -0.3 is 10.2 Å². The number of carbonyl (C=O) groups excluding carboxylic acids is 2. The van der Waals surface area contributed by atoms with Crippen molar-refractivity contribution in [2.45, 2.75) is 37.3 Å². The molecule has 0 unspecified atom stereocenters. The van der Waals surface area contributed by atoms with Crippen molar-refractivity contribution in [2.75, 3.05) is 7.05 Å². The van der Waals surface area contributed by atoms with Crippen LogP contribution in [0, 0.1) is 0 Å². The SMILES string of the molecule is CN1C(=O)C[C@@H](NC(=O)c2cn[nH]c2C2CC2)[C@@H]1c1cccnc1. The first-order chi connectivity index (χ1) is 11.6. The van der Waals surface area contributed by atoms with Crippen LogP contribution in [0.15, 0.2) is 30.7 Å². The monoisotopic (exact) mass is 325 g/mol. The van der Waals surface area contributed by atoms with Gasteiger partial charge in [-0.25, -0.2) is 0 Å². The lowest BCUT2D eigenvalue weighted by atomic mass is 10.0. The molecule has 0 spiro atoms. The first-order valence-electron chi connectivity index (χ1n) is 8.15. The zero-order valence-corrected chi connectivity index (χ0v) is 13.4. The molecule has 24 heavy (non-hydrogen) atoms. The minimum atomic E-state index is -0.277. The second-order valence-electron chi connectivity index (χ2n) is 6.49. The van der Waals surface area contributed by atoms with Gasteiger partial charge in [0, 0.05) is 31.8 Å². The van der Waals surface area contributed by atoms with Crippen LogP contribution in [0.5, 0.6) is 0 Å². The summed E-state index contributed by atoms with van der Waals surface area (Å²) in [6.45, 7) is 0. The lowest BCUT2D eigenvalue weighted by molar-refractivity contribution is -0.127.